The van der Waals surface area contributed by atoms with Gasteiger partial charge in [0.15, 0.2) is 0 Å². The molecule has 5 heteroatoms. The Morgan fingerprint density at radius 2 is 1.63 bits per heavy atom. The first-order chi connectivity index (χ1) is 13.2. The number of rotatable bonds is 9. The van der Waals surface area contributed by atoms with E-state index in [1.54, 1.807) is 24.9 Å². The number of phenolic OH excluding ortho intramolecular Hbond substituents is 1. The second-order valence-electron chi connectivity index (χ2n) is 6.25. The van der Waals surface area contributed by atoms with Crippen molar-refractivity contribution in [3.05, 3.63) is 66.2 Å². The van der Waals surface area contributed by atoms with Gasteiger partial charge in [0, 0.05) is 11.1 Å². The van der Waals surface area contributed by atoms with Crippen LogP contribution in [0.15, 0.2) is 60.7 Å². The number of ether oxygens (including phenoxy) is 2. The average molecular weight is 384 g/mol. The van der Waals surface area contributed by atoms with Crippen molar-refractivity contribution in [2.75, 3.05) is 25.2 Å². The standard InChI is InChI=1S/C22H24O4S/c1-25-18-8-10-19(11-9-18)26-14-17(23)15-27-13-12-16-4-2-6-21-20(16)5-3-7-22(21)24/h2-11,17,23-24H,12-15H2,1H3. The third-order valence-electron chi connectivity index (χ3n) is 4.32. The van der Waals surface area contributed by atoms with Gasteiger partial charge in [-0.2, -0.15) is 11.8 Å². The van der Waals surface area contributed by atoms with Crippen LogP contribution < -0.4 is 9.47 Å². The summed E-state index contributed by atoms with van der Waals surface area (Å²) >= 11 is 1.70. The Morgan fingerprint density at radius 1 is 0.926 bits per heavy atom. The molecule has 27 heavy (non-hydrogen) atoms. The van der Waals surface area contributed by atoms with Crippen molar-refractivity contribution in [1.29, 1.82) is 0 Å². The van der Waals surface area contributed by atoms with Crippen LogP contribution >= 0.6 is 11.8 Å². The number of phenols is 1. The molecule has 0 aliphatic heterocycles. The minimum atomic E-state index is -0.520. The predicted molar refractivity (Wildman–Crippen MR) is 111 cm³/mol. The van der Waals surface area contributed by atoms with Crippen molar-refractivity contribution in [3.63, 3.8) is 0 Å². The molecule has 0 aliphatic rings. The van der Waals surface area contributed by atoms with Gasteiger partial charge in [-0.05, 0) is 53.5 Å². The van der Waals surface area contributed by atoms with Crippen LogP contribution in [0.4, 0.5) is 0 Å². The molecule has 0 aliphatic carbocycles. The van der Waals surface area contributed by atoms with Gasteiger partial charge in [-0.1, -0.05) is 30.3 Å². The summed E-state index contributed by atoms with van der Waals surface area (Å²) in [4.78, 5) is 0. The van der Waals surface area contributed by atoms with E-state index >= 15 is 0 Å². The second-order valence-corrected chi connectivity index (χ2v) is 7.40. The molecule has 1 unspecified atom stereocenters. The molecular weight excluding hydrogens is 360 g/mol. The van der Waals surface area contributed by atoms with Crippen LogP contribution in [-0.4, -0.2) is 41.5 Å². The lowest BCUT2D eigenvalue weighted by atomic mass is 10.0. The highest BCUT2D eigenvalue weighted by atomic mass is 32.2. The molecule has 0 heterocycles. The number of hydrogen-bond donors (Lipinski definition) is 2. The topological polar surface area (TPSA) is 58.9 Å². The number of hydrogen-bond acceptors (Lipinski definition) is 5. The van der Waals surface area contributed by atoms with Gasteiger partial charge in [0.1, 0.15) is 23.9 Å². The number of aryl methyl sites for hydroxylation is 1. The number of benzene rings is 3. The molecule has 0 aromatic heterocycles. The highest BCUT2D eigenvalue weighted by Gasteiger charge is 2.08. The van der Waals surface area contributed by atoms with Gasteiger partial charge in [0.05, 0.1) is 13.2 Å². The van der Waals surface area contributed by atoms with Gasteiger partial charge >= 0.3 is 0 Å². The van der Waals surface area contributed by atoms with Crippen molar-refractivity contribution in [2.45, 2.75) is 12.5 Å². The normalized spacial score (nSPS) is 12.1. The fraction of sp³-hybridized carbons (Fsp3) is 0.273. The maximum Gasteiger partial charge on any atom is 0.123 e. The van der Waals surface area contributed by atoms with Crippen LogP contribution in [0.5, 0.6) is 17.2 Å². The number of aliphatic hydroxyl groups excluding tert-OH is 1. The molecule has 3 rings (SSSR count). The fourth-order valence-corrected chi connectivity index (χ4v) is 3.79. The smallest absolute Gasteiger partial charge is 0.123 e. The fourth-order valence-electron chi connectivity index (χ4n) is 2.89. The summed E-state index contributed by atoms with van der Waals surface area (Å²) in [5, 5.41) is 22.0. The second kappa shape index (κ2) is 9.53. The van der Waals surface area contributed by atoms with E-state index in [0.29, 0.717) is 11.5 Å². The quantitative estimate of drug-likeness (QED) is 0.540. The lowest BCUT2D eigenvalue weighted by molar-refractivity contribution is 0.126. The Morgan fingerprint density at radius 3 is 2.41 bits per heavy atom. The van der Waals surface area contributed by atoms with Crippen molar-refractivity contribution < 1.29 is 19.7 Å². The van der Waals surface area contributed by atoms with Gasteiger partial charge in [0.25, 0.3) is 0 Å². The molecule has 0 saturated carbocycles. The molecule has 3 aromatic rings. The lowest BCUT2D eigenvalue weighted by Gasteiger charge is -2.13. The van der Waals surface area contributed by atoms with Crippen LogP contribution in [0.2, 0.25) is 0 Å². The third kappa shape index (κ3) is 5.31. The Kier molecular flexibility index (Phi) is 6.85. The van der Waals surface area contributed by atoms with E-state index in [1.807, 2.05) is 48.5 Å². The van der Waals surface area contributed by atoms with E-state index in [4.69, 9.17) is 9.47 Å². The Balaban J connectivity index is 1.42. The summed E-state index contributed by atoms with van der Waals surface area (Å²) in [6.45, 7) is 0.265. The minimum Gasteiger partial charge on any atom is -0.507 e. The van der Waals surface area contributed by atoms with Crippen molar-refractivity contribution >= 4 is 22.5 Å². The average Bonchev–Trinajstić information content (AvgIpc) is 2.70. The van der Waals surface area contributed by atoms with Crippen LogP contribution in [0, 0.1) is 0 Å². The molecule has 0 radical (unpaired) electrons. The number of methoxy groups -OCH3 is 1. The van der Waals surface area contributed by atoms with Gasteiger partial charge in [0.2, 0.25) is 0 Å². The van der Waals surface area contributed by atoms with Crippen molar-refractivity contribution in [3.8, 4) is 17.2 Å². The van der Waals surface area contributed by atoms with Gasteiger partial charge < -0.3 is 19.7 Å². The molecular formula is C22H24O4S. The molecule has 4 nitrogen and oxygen atoms in total. The van der Waals surface area contributed by atoms with E-state index in [1.165, 1.54) is 5.56 Å². The van der Waals surface area contributed by atoms with E-state index < -0.39 is 6.10 Å². The summed E-state index contributed by atoms with van der Waals surface area (Å²) in [5.74, 6) is 3.32. The Hall–Kier alpha value is -2.37. The summed E-state index contributed by atoms with van der Waals surface area (Å²) < 4.78 is 10.7. The molecule has 142 valence electrons. The largest absolute Gasteiger partial charge is 0.507 e. The monoisotopic (exact) mass is 384 g/mol. The highest BCUT2D eigenvalue weighted by Crippen LogP contribution is 2.27. The van der Waals surface area contributed by atoms with Gasteiger partial charge in [-0.15, -0.1) is 0 Å². The molecule has 1 atom stereocenters. The number of thioether (sulfide) groups is 1. The summed E-state index contributed by atoms with van der Waals surface area (Å²) in [7, 11) is 1.62. The van der Waals surface area contributed by atoms with Crippen molar-refractivity contribution in [1.82, 2.24) is 0 Å². The van der Waals surface area contributed by atoms with Gasteiger partial charge in [-0.3, -0.25) is 0 Å². The van der Waals surface area contributed by atoms with E-state index in [2.05, 4.69) is 6.07 Å². The molecule has 0 fully saturated rings. The summed E-state index contributed by atoms with van der Waals surface area (Å²) in [6.07, 6.45) is 0.367. The van der Waals surface area contributed by atoms with E-state index in [-0.39, 0.29) is 6.61 Å². The highest BCUT2D eigenvalue weighted by molar-refractivity contribution is 7.99. The summed E-state index contributed by atoms with van der Waals surface area (Å²) in [6, 6.07) is 18.9. The number of aromatic hydroxyl groups is 1. The lowest BCUT2D eigenvalue weighted by Crippen LogP contribution is -2.20. The van der Waals surface area contributed by atoms with Crippen molar-refractivity contribution in [2.24, 2.45) is 0 Å². The summed E-state index contributed by atoms with van der Waals surface area (Å²) in [5.41, 5.74) is 1.21. The molecule has 2 N–H and O–H groups in total. The molecule has 0 bridgehead atoms. The number of fused-ring (bicyclic) bond motifs is 1. The van der Waals surface area contributed by atoms with Gasteiger partial charge in [-0.25, -0.2) is 0 Å². The first-order valence-electron chi connectivity index (χ1n) is 8.89. The Bertz CT molecular complexity index is 864. The zero-order chi connectivity index (χ0) is 19.1. The Labute approximate surface area is 163 Å². The number of aliphatic hydroxyl groups is 1. The van der Waals surface area contributed by atoms with Crippen LogP contribution in [-0.2, 0) is 6.42 Å². The molecule has 3 aromatic carbocycles. The zero-order valence-electron chi connectivity index (χ0n) is 15.3. The van der Waals surface area contributed by atoms with Crippen LogP contribution in [0.25, 0.3) is 10.8 Å². The third-order valence-corrected chi connectivity index (χ3v) is 5.43. The zero-order valence-corrected chi connectivity index (χ0v) is 16.1. The maximum absolute atomic E-state index is 10.1. The van der Waals surface area contributed by atoms with Crippen LogP contribution in [0.3, 0.4) is 0 Å². The first-order valence-corrected chi connectivity index (χ1v) is 10.0. The van der Waals surface area contributed by atoms with E-state index in [9.17, 15) is 10.2 Å². The SMILES string of the molecule is COc1ccc(OCC(O)CSCCc2cccc3c(O)cccc23)cc1. The predicted octanol–water partition coefficient (Wildman–Crippen LogP) is 4.27. The van der Waals surface area contributed by atoms with Crippen LogP contribution in [0.1, 0.15) is 5.56 Å². The first kappa shape index (κ1) is 19.4. The molecule has 0 spiro atoms. The minimum absolute atomic E-state index is 0.265. The molecule has 0 amide bonds. The van der Waals surface area contributed by atoms with E-state index in [0.717, 1.165) is 34.4 Å². The maximum atomic E-state index is 10.1. The molecule has 0 saturated heterocycles.